The van der Waals surface area contributed by atoms with E-state index in [1.54, 1.807) is 6.20 Å². The quantitative estimate of drug-likeness (QED) is 0.593. The Morgan fingerprint density at radius 3 is 2.93 bits per heavy atom. The molecule has 1 aromatic carbocycles. The fraction of sp³-hybridized carbons (Fsp3) is 0.381. The Kier molecular flexibility index (Phi) is 4.68. The van der Waals surface area contributed by atoms with Gasteiger partial charge in [0.15, 0.2) is 5.82 Å². The van der Waals surface area contributed by atoms with E-state index in [-0.39, 0.29) is 5.56 Å². The smallest absolute Gasteiger partial charge is 0.261 e. The second kappa shape index (κ2) is 7.38. The van der Waals surface area contributed by atoms with E-state index in [2.05, 4.69) is 21.7 Å². The molecule has 3 aromatic rings. The Bertz CT molecular complexity index is 1250. The molecule has 5 rings (SSSR count). The summed E-state index contributed by atoms with van der Waals surface area (Å²) in [4.78, 5) is 16.3. The van der Waals surface area contributed by atoms with Gasteiger partial charge in [0.25, 0.3) is 5.56 Å². The van der Waals surface area contributed by atoms with E-state index in [1.807, 2.05) is 28.9 Å². The second-order valence-corrected chi connectivity index (χ2v) is 9.42. The molecule has 4 heterocycles. The molecule has 0 aliphatic carbocycles. The lowest BCUT2D eigenvalue weighted by Gasteiger charge is -2.36. The molecule has 3 N–H and O–H groups in total. The summed E-state index contributed by atoms with van der Waals surface area (Å²) in [6, 6.07) is 9.91. The van der Waals surface area contributed by atoms with E-state index in [1.165, 1.54) is 0 Å². The molecule has 9 heteroatoms. The molecule has 154 valence electrons. The first-order valence-corrected chi connectivity index (χ1v) is 11.4. The molecule has 1 fully saturated rings. The molecule has 0 bridgehead atoms. The highest BCUT2D eigenvalue weighted by Crippen LogP contribution is 2.36. The van der Waals surface area contributed by atoms with Gasteiger partial charge in [0.1, 0.15) is 5.39 Å². The summed E-state index contributed by atoms with van der Waals surface area (Å²) >= 11 is 0. The largest absolute Gasteiger partial charge is 0.338 e. The molecule has 30 heavy (non-hydrogen) atoms. The van der Waals surface area contributed by atoms with Crippen molar-refractivity contribution in [1.29, 1.82) is 5.26 Å². The van der Waals surface area contributed by atoms with Crippen LogP contribution in [0.15, 0.2) is 40.2 Å². The third-order valence-electron chi connectivity index (χ3n) is 6.12. The maximum absolute atomic E-state index is 12.7. The van der Waals surface area contributed by atoms with Gasteiger partial charge in [0.05, 0.1) is 34.3 Å². The number of fused-ring (bicyclic) bond motifs is 2. The van der Waals surface area contributed by atoms with Gasteiger partial charge >= 0.3 is 0 Å². The molecule has 1 saturated heterocycles. The van der Waals surface area contributed by atoms with Crippen LogP contribution in [0.1, 0.15) is 24.8 Å². The summed E-state index contributed by atoms with van der Waals surface area (Å²) in [6.45, 7) is 1.61. The lowest BCUT2D eigenvalue weighted by atomic mass is 9.85. The van der Waals surface area contributed by atoms with Crippen LogP contribution in [0.25, 0.3) is 10.9 Å². The molecule has 2 aliphatic rings. The van der Waals surface area contributed by atoms with Gasteiger partial charge in [-0.05, 0) is 62.2 Å². The van der Waals surface area contributed by atoms with Crippen LogP contribution in [0.5, 0.6) is 0 Å². The van der Waals surface area contributed by atoms with E-state index >= 15 is 0 Å². The molecule has 1 atom stereocenters. The monoisotopic (exact) mass is 422 g/mol. The van der Waals surface area contributed by atoms with Crippen molar-refractivity contribution in [2.45, 2.75) is 36.1 Å². The number of aromatic nitrogens is 3. The lowest BCUT2D eigenvalue weighted by Crippen LogP contribution is -2.44. The minimum atomic E-state index is -0.925. The van der Waals surface area contributed by atoms with Crippen molar-refractivity contribution in [2.75, 3.05) is 24.2 Å². The number of benzene rings is 1. The summed E-state index contributed by atoms with van der Waals surface area (Å²) in [7, 11) is -0.925. The van der Waals surface area contributed by atoms with Crippen molar-refractivity contribution in [1.82, 2.24) is 20.1 Å². The van der Waals surface area contributed by atoms with Crippen LogP contribution >= 0.6 is 0 Å². The predicted molar refractivity (Wildman–Crippen MR) is 115 cm³/mol. The number of rotatable bonds is 4. The lowest BCUT2D eigenvalue weighted by molar-refractivity contribution is 0.197. The molecule has 0 radical (unpaired) electrons. The average molecular weight is 423 g/mol. The molecule has 0 amide bonds. The van der Waals surface area contributed by atoms with Gasteiger partial charge in [-0.2, -0.15) is 10.4 Å². The molecule has 0 saturated carbocycles. The molecule has 1 unspecified atom stereocenters. The number of aryl methyl sites for hydroxylation is 1. The maximum atomic E-state index is 12.7. The van der Waals surface area contributed by atoms with Crippen LogP contribution in [0.2, 0.25) is 0 Å². The third-order valence-corrected chi connectivity index (χ3v) is 7.58. The zero-order valence-electron chi connectivity index (χ0n) is 16.4. The first kappa shape index (κ1) is 19.0. The highest BCUT2D eigenvalue weighted by Gasteiger charge is 2.37. The van der Waals surface area contributed by atoms with Crippen LogP contribution in [0, 0.1) is 11.3 Å². The van der Waals surface area contributed by atoms with Gasteiger partial charge in [-0.25, -0.2) is 0 Å². The third kappa shape index (κ3) is 3.04. The van der Waals surface area contributed by atoms with E-state index < -0.39 is 16.3 Å². The van der Waals surface area contributed by atoms with Gasteiger partial charge in [-0.3, -0.25) is 13.7 Å². The van der Waals surface area contributed by atoms with E-state index in [0.717, 1.165) is 54.0 Å². The number of nitrogens with zero attached hydrogens (tertiary/aromatic N) is 3. The molecule has 8 nitrogen and oxygen atoms in total. The number of anilines is 2. The topological polar surface area (TPSA) is 116 Å². The number of nitrogens with one attached hydrogen (secondary N) is 3. The van der Waals surface area contributed by atoms with Crippen LogP contribution in [0.3, 0.4) is 0 Å². The van der Waals surface area contributed by atoms with Crippen molar-refractivity contribution in [3.8, 4) is 6.07 Å². The summed E-state index contributed by atoms with van der Waals surface area (Å²) in [5, 5.41) is 21.4. The van der Waals surface area contributed by atoms with Gasteiger partial charge in [-0.1, -0.05) is 0 Å². The van der Waals surface area contributed by atoms with Crippen LogP contribution < -0.4 is 16.2 Å². The van der Waals surface area contributed by atoms with E-state index in [0.29, 0.717) is 23.4 Å². The summed E-state index contributed by atoms with van der Waals surface area (Å²) in [5.74, 6) is 1.13. The first-order chi connectivity index (χ1) is 14.6. The molecule has 2 aromatic heterocycles. The second-order valence-electron chi connectivity index (χ2n) is 7.88. The molecule has 0 spiro atoms. The maximum Gasteiger partial charge on any atom is 0.261 e. The summed E-state index contributed by atoms with van der Waals surface area (Å²) in [5.41, 5.74) is 1.93. The fourth-order valence-corrected chi connectivity index (χ4v) is 5.85. The summed E-state index contributed by atoms with van der Waals surface area (Å²) < 4.78 is 13.9. The van der Waals surface area contributed by atoms with E-state index in [4.69, 9.17) is 5.10 Å². The van der Waals surface area contributed by atoms with Crippen molar-refractivity contribution >= 4 is 33.2 Å². The van der Waals surface area contributed by atoms with Crippen molar-refractivity contribution in [3.05, 3.63) is 46.4 Å². The fourth-order valence-electron chi connectivity index (χ4n) is 4.55. The van der Waals surface area contributed by atoms with Crippen molar-refractivity contribution < 1.29 is 4.21 Å². The predicted octanol–water partition coefficient (Wildman–Crippen LogP) is 2.12. The number of aromatic amines is 1. The SMILES string of the molecule is N#CCC1(n2nc(Nc3ccc4c(c3)CCS4=O)c3c(=O)[nH]ccc32)CCNCC1. The first-order valence-electron chi connectivity index (χ1n) is 10.1. The average Bonchev–Trinajstić information content (AvgIpc) is 3.31. The summed E-state index contributed by atoms with van der Waals surface area (Å²) in [6.07, 6.45) is 4.29. The van der Waals surface area contributed by atoms with E-state index in [9.17, 15) is 14.3 Å². The Balaban J connectivity index is 1.62. The van der Waals surface area contributed by atoms with Gasteiger partial charge in [0.2, 0.25) is 0 Å². The van der Waals surface area contributed by atoms with Crippen LogP contribution in [-0.4, -0.2) is 37.8 Å². The van der Waals surface area contributed by atoms with Crippen molar-refractivity contribution in [2.24, 2.45) is 0 Å². The Hall–Kier alpha value is -2.96. The molecular formula is C21H22N6O2S. The standard InChI is InChI=1S/C21H22N6O2S/c22-8-5-21(6-10-23-11-7-21)27-16-3-9-24-20(28)18(16)19(26-27)25-15-1-2-17-14(13-15)4-12-30(17)29/h1-3,9,13,23H,4-7,10-12H2,(H,24,28)(H,25,26). The number of hydrogen-bond acceptors (Lipinski definition) is 6. The molecule has 2 aliphatic heterocycles. The number of nitriles is 1. The molecular weight excluding hydrogens is 400 g/mol. The minimum Gasteiger partial charge on any atom is -0.338 e. The Morgan fingerprint density at radius 2 is 2.13 bits per heavy atom. The normalized spacial score (nSPS) is 20.0. The van der Waals surface area contributed by atoms with Crippen LogP contribution in [-0.2, 0) is 22.8 Å². The number of piperidine rings is 1. The Labute approximate surface area is 175 Å². The van der Waals surface area contributed by atoms with Gasteiger partial charge < -0.3 is 15.6 Å². The minimum absolute atomic E-state index is 0.218. The number of H-pyrrole nitrogens is 1. The zero-order chi connectivity index (χ0) is 20.7. The number of pyridine rings is 1. The number of hydrogen-bond donors (Lipinski definition) is 3. The van der Waals surface area contributed by atoms with Crippen molar-refractivity contribution in [3.63, 3.8) is 0 Å². The Morgan fingerprint density at radius 1 is 1.30 bits per heavy atom. The highest BCUT2D eigenvalue weighted by atomic mass is 32.2. The highest BCUT2D eigenvalue weighted by molar-refractivity contribution is 7.85. The van der Waals surface area contributed by atoms with Crippen LogP contribution in [0.4, 0.5) is 11.5 Å². The zero-order valence-corrected chi connectivity index (χ0v) is 17.2. The van der Waals surface area contributed by atoms with Gasteiger partial charge in [0, 0.05) is 22.5 Å². The van der Waals surface area contributed by atoms with Gasteiger partial charge in [-0.15, -0.1) is 0 Å².